The molecule has 80 valence electrons. The quantitative estimate of drug-likeness (QED) is 0.551. The average Bonchev–Trinajstić information content (AvgIpc) is 2.15. The van der Waals surface area contributed by atoms with E-state index < -0.39 is 18.0 Å². The van der Waals surface area contributed by atoms with Crippen LogP contribution in [0, 0.1) is 0 Å². The van der Waals surface area contributed by atoms with Gasteiger partial charge in [0, 0.05) is 5.02 Å². The Bertz CT molecular complexity index is 424. The molecule has 1 aromatic rings. The third kappa shape index (κ3) is 3.47. The van der Waals surface area contributed by atoms with Crippen LogP contribution in [0.1, 0.15) is 22.0 Å². The van der Waals surface area contributed by atoms with Gasteiger partial charge in [-0.3, -0.25) is 0 Å². The molecule has 0 spiro atoms. The molecule has 3 N–H and O–H groups in total. The summed E-state index contributed by atoms with van der Waals surface area (Å²) >= 11 is 5.61. The van der Waals surface area contributed by atoms with Crippen molar-refractivity contribution in [1.82, 2.24) is 0 Å². The van der Waals surface area contributed by atoms with E-state index in [9.17, 15) is 14.7 Å². The Morgan fingerprint density at radius 2 is 2.00 bits per heavy atom. The van der Waals surface area contributed by atoms with Gasteiger partial charge < -0.3 is 20.7 Å². The summed E-state index contributed by atoms with van der Waals surface area (Å²) in [5.74, 6) is -2.82. The molecule has 0 saturated carbocycles. The van der Waals surface area contributed by atoms with E-state index in [1.165, 1.54) is 18.2 Å². The van der Waals surface area contributed by atoms with E-state index in [1.54, 1.807) is 0 Å². The molecule has 16 heavy (non-hydrogen) atoms. The minimum Gasteiger partial charge on any atom is -0.548 e. The van der Waals surface area contributed by atoms with Crippen LogP contribution in [0.3, 0.4) is 0 Å². The smallest absolute Gasteiger partial charge is 0.548 e. The second kappa shape index (κ2) is 6.22. The van der Waals surface area contributed by atoms with Crippen LogP contribution in [0.5, 0.6) is 0 Å². The predicted octanol–water partition coefficient (Wildman–Crippen LogP) is -3.21. The number of halogens is 1. The first kappa shape index (κ1) is 15.4. The Hall–Kier alpha value is -0.590. The van der Waals surface area contributed by atoms with Gasteiger partial charge in [0.15, 0.2) is 0 Å². The average molecular weight is 252 g/mol. The molecule has 7 heteroatoms. The van der Waals surface area contributed by atoms with Crippen LogP contribution in [-0.2, 0) is 4.79 Å². The number of aliphatic carboxylic acids is 1. The molecule has 0 saturated heterocycles. The Morgan fingerprint density at radius 3 is 2.44 bits per heavy atom. The third-order valence-electron chi connectivity index (χ3n) is 1.83. The fraction of sp³-hybridized carbons (Fsp3) is 0.111. The number of carboxylic acids is 2. The van der Waals surface area contributed by atoms with Crippen molar-refractivity contribution >= 4 is 23.5 Å². The van der Waals surface area contributed by atoms with Gasteiger partial charge in [-0.2, -0.15) is 0 Å². The third-order valence-corrected chi connectivity index (χ3v) is 2.07. The summed E-state index contributed by atoms with van der Waals surface area (Å²) in [6.45, 7) is 0. The van der Waals surface area contributed by atoms with Crippen LogP contribution in [0.4, 0.5) is 0 Å². The number of carbonyl (C=O) groups excluding carboxylic acids is 1. The summed E-state index contributed by atoms with van der Waals surface area (Å²) in [6.07, 6.45) is 0. The molecule has 0 aromatic heterocycles. The van der Waals surface area contributed by atoms with Gasteiger partial charge >= 0.3 is 35.5 Å². The first-order valence-electron chi connectivity index (χ1n) is 3.92. The molecule has 1 aromatic carbocycles. The number of benzene rings is 1. The van der Waals surface area contributed by atoms with E-state index in [1.807, 2.05) is 0 Å². The maximum absolute atomic E-state index is 10.7. The van der Waals surface area contributed by atoms with E-state index >= 15 is 0 Å². The maximum Gasteiger partial charge on any atom is 1.00 e. The van der Waals surface area contributed by atoms with Crippen molar-refractivity contribution in [3.05, 3.63) is 34.3 Å². The van der Waals surface area contributed by atoms with Crippen LogP contribution in [0.25, 0.3) is 0 Å². The normalized spacial score (nSPS) is 11.4. The van der Waals surface area contributed by atoms with Gasteiger partial charge in [0.25, 0.3) is 0 Å². The number of aromatic carboxylic acids is 1. The van der Waals surface area contributed by atoms with Crippen LogP contribution < -0.4 is 40.4 Å². The molecule has 0 heterocycles. The molecule has 0 amide bonds. The van der Waals surface area contributed by atoms with Crippen molar-refractivity contribution in [3.8, 4) is 0 Å². The molecule has 0 aliphatic rings. The summed E-state index contributed by atoms with van der Waals surface area (Å²) in [6, 6.07) is 2.24. The summed E-state index contributed by atoms with van der Waals surface area (Å²) < 4.78 is 0. The van der Waals surface area contributed by atoms with Gasteiger partial charge in [-0.15, -0.1) is 0 Å². The zero-order chi connectivity index (χ0) is 11.6. The molecule has 0 fully saturated rings. The van der Waals surface area contributed by atoms with Crippen molar-refractivity contribution < 1.29 is 49.4 Å². The first-order valence-corrected chi connectivity index (χ1v) is 4.30. The number of nitrogens with two attached hydrogens (primary N) is 1. The van der Waals surface area contributed by atoms with Gasteiger partial charge in [-0.05, 0) is 23.8 Å². The van der Waals surface area contributed by atoms with Gasteiger partial charge in [0.2, 0.25) is 0 Å². The fourth-order valence-electron chi connectivity index (χ4n) is 1.11. The van der Waals surface area contributed by atoms with Crippen LogP contribution in [0.2, 0.25) is 5.02 Å². The Kier molecular flexibility index (Phi) is 5.99. The first-order chi connectivity index (χ1) is 6.93. The standard InChI is InChI=1S/C9H8ClNO4.Na/c10-4-1-2-5(8(12)13)6(3-4)7(11)9(14)15;/h1-3,7H,11H2,(H,12,13)(H,14,15);/q;+1/p-1. The molecule has 5 nitrogen and oxygen atoms in total. The van der Waals surface area contributed by atoms with E-state index in [0.29, 0.717) is 0 Å². The molecule has 0 aliphatic heterocycles. The summed E-state index contributed by atoms with van der Waals surface area (Å²) in [5.41, 5.74) is 4.99. The largest absolute Gasteiger partial charge is 1.00 e. The summed E-state index contributed by atoms with van der Waals surface area (Å²) in [4.78, 5) is 21.3. The van der Waals surface area contributed by atoms with Gasteiger partial charge in [-0.1, -0.05) is 11.6 Å². The van der Waals surface area contributed by atoms with Gasteiger partial charge in [0.05, 0.1) is 17.6 Å². The van der Waals surface area contributed by atoms with Crippen molar-refractivity contribution in [2.24, 2.45) is 5.73 Å². The summed E-state index contributed by atoms with van der Waals surface area (Å²) in [7, 11) is 0. The van der Waals surface area contributed by atoms with E-state index in [-0.39, 0.29) is 45.7 Å². The van der Waals surface area contributed by atoms with Crippen LogP contribution >= 0.6 is 11.6 Å². The zero-order valence-corrected chi connectivity index (χ0v) is 11.2. The zero-order valence-electron chi connectivity index (χ0n) is 8.44. The van der Waals surface area contributed by atoms with Gasteiger partial charge in [-0.25, -0.2) is 4.79 Å². The van der Waals surface area contributed by atoms with E-state index in [4.69, 9.17) is 22.4 Å². The number of hydrogen-bond acceptors (Lipinski definition) is 4. The molecular formula is C9H7ClNNaO4. The topological polar surface area (TPSA) is 103 Å². The minimum atomic E-state index is -1.56. The number of carbonyl (C=O) groups is 2. The monoisotopic (exact) mass is 251 g/mol. The Labute approximate surface area is 118 Å². The van der Waals surface area contributed by atoms with Crippen molar-refractivity contribution in [3.63, 3.8) is 0 Å². The van der Waals surface area contributed by atoms with Crippen LogP contribution in [0.15, 0.2) is 18.2 Å². The number of rotatable bonds is 3. The maximum atomic E-state index is 10.7. The Balaban J connectivity index is 0.00000225. The van der Waals surface area contributed by atoms with Crippen molar-refractivity contribution in [2.45, 2.75) is 6.04 Å². The fourth-order valence-corrected chi connectivity index (χ4v) is 1.29. The summed E-state index contributed by atoms with van der Waals surface area (Å²) in [5, 5.41) is 19.5. The SMILES string of the molecule is NC(C(=O)[O-])c1cc(Cl)ccc1C(=O)O.[Na+]. The molecule has 0 bridgehead atoms. The second-order valence-electron chi connectivity index (χ2n) is 2.83. The molecule has 1 rings (SSSR count). The van der Waals surface area contributed by atoms with Crippen molar-refractivity contribution in [2.75, 3.05) is 0 Å². The molecule has 1 atom stereocenters. The number of hydrogen-bond donors (Lipinski definition) is 2. The predicted molar refractivity (Wildman–Crippen MR) is 50.3 cm³/mol. The molecule has 0 aliphatic carbocycles. The van der Waals surface area contributed by atoms with E-state index in [0.717, 1.165) is 0 Å². The minimum absolute atomic E-state index is 0. The second-order valence-corrected chi connectivity index (χ2v) is 3.27. The van der Waals surface area contributed by atoms with Gasteiger partial charge in [0.1, 0.15) is 0 Å². The number of carboxylic acid groups (broad SMARTS) is 2. The van der Waals surface area contributed by atoms with E-state index in [2.05, 4.69) is 0 Å². The molecular weight excluding hydrogens is 245 g/mol. The van der Waals surface area contributed by atoms with Crippen molar-refractivity contribution in [1.29, 1.82) is 0 Å². The Morgan fingerprint density at radius 1 is 1.44 bits per heavy atom. The van der Waals surface area contributed by atoms with Crippen LogP contribution in [-0.4, -0.2) is 17.0 Å². The molecule has 0 radical (unpaired) electrons. The molecule has 1 unspecified atom stereocenters.